The van der Waals surface area contributed by atoms with Gasteiger partial charge in [-0.3, -0.25) is 4.57 Å². The molecule has 0 radical (unpaired) electrons. The van der Waals surface area contributed by atoms with Gasteiger partial charge >= 0.3 is 5.69 Å². The Morgan fingerprint density at radius 3 is 2.72 bits per heavy atom. The molecule has 0 spiro atoms. The number of aromatic amines is 1. The minimum Gasteiger partial charge on any atom is -0.321 e. The zero-order valence-corrected chi connectivity index (χ0v) is 10.4. The van der Waals surface area contributed by atoms with Gasteiger partial charge in [-0.05, 0) is 43.9 Å². The summed E-state index contributed by atoms with van der Waals surface area (Å²) in [6, 6.07) is 7.99. The summed E-state index contributed by atoms with van der Waals surface area (Å²) in [7, 11) is 0. The summed E-state index contributed by atoms with van der Waals surface area (Å²) in [6.07, 6.45) is 4.95. The van der Waals surface area contributed by atoms with Crippen molar-refractivity contribution in [3.05, 3.63) is 52.2 Å². The predicted octanol–water partition coefficient (Wildman–Crippen LogP) is 1.81. The third-order valence-corrected chi connectivity index (χ3v) is 3.89. The number of imidazole rings is 1. The topological polar surface area (TPSA) is 63.8 Å². The number of rotatable bonds is 2. The molecule has 2 aromatic rings. The van der Waals surface area contributed by atoms with Crippen molar-refractivity contribution >= 4 is 0 Å². The molecule has 1 aliphatic carbocycles. The number of nitrogens with two attached hydrogens (primary N) is 1. The Balaban J connectivity index is 2.09. The van der Waals surface area contributed by atoms with Gasteiger partial charge in [0.05, 0.1) is 5.69 Å². The van der Waals surface area contributed by atoms with Gasteiger partial charge in [0.15, 0.2) is 0 Å². The van der Waals surface area contributed by atoms with E-state index < -0.39 is 0 Å². The molecule has 1 saturated carbocycles. The Kier molecular flexibility index (Phi) is 2.41. The fraction of sp³-hybridized carbons (Fsp3) is 0.357. The fourth-order valence-corrected chi connectivity index (χ4v) is 2.58. The number of nitrogens with one attached hydrogen (secondary N) is 1. The Morgan fingerprint density at radius 1 is 1.39 bits per heavy atom. The summed E-state index contributed by atoms with van der Waals surface area (Å²) < 4.78 is 1.67. The molecule has 1 aliphatic rings. The highest BCUT2D eigenvalue weighted by atomic mass is 16.1. The van der Waals surface area contributed by atoms with Gasteiger partial charge in [0.1, 0.15) is 0 Å². The Labute approximate surface area is 105 Å². The summed E-state index contributed by atoms with van der Waals surface area (Å²) in [4.78, 5) is 14.5. The van der Waals surface area contributed by atoms with Crippen molar-refractivity contribution in [3.8, 4) is 5.69 Å². The van der Waals surface area contributed by atoms with E-state index >= 15 is 0 Å². The van der Waals surface area contributed by atoms with E-state index in [1.54, 1.807) is 10.8 Å². The SMILES string of the molecule is Cc1c[nH]c(=O)n1-c1cccc(C2(N)CCC2)c1. The van der Waals surface area contributed by atoms with E-state index in [2.05, 4.69) is 11.1 Å². The van der Waals surface area contributed by atoms with Crippen LogP contribution in [0, 0.1) is 6.92 Å². The summed E-state index contributed by atoms with van der Waals surface area (Å²) >= 11 is 0. The molecule has 94 valence electrons. The number of aromatic nitrogens is 2. The monoisotopic (exact) mass is 243 g/mol. The summed E-state index contributed by atoms with van der Waals surface area (Å²) in [5.41, 5.74) is 8.94. The summed E-state index contributed by atoms with van der Waals surface area (Å²) in [5, 5.41) is 0. The second-order valence-corrected chi connectivity index (χ2v) is 5.13. The van der Waals surface area contributed by atoms with Crippen molar-refractivity contribution in [2.24, 2.45) is 5.73 Å². The van der Waals surface area contributed by atoms with Crippen molar-refractivity contribution in [2.45, 2.75) is 31.7 Å². The van der Waals surface area contributed by atoms with E-state index in [0.717, 1.165) is 29.8 Å². The van der Waals surface area contributed by atoms with E-state index in [1.165, 1.54) is 6.42 Å². The molecule has 4 nitrogen and oxygen atoms in total. The second-order valence-electron chi connectivity index (χ2n) is 5.13. The fourth-order valence-electron chi connectivity index (χ4n) is 2.58. The number of benzene rings is 1. The molecule has 1 aromatic heterocycles. The molecule has 3 N–H and O–H groups in total. The van der Waals surface area contributed by atoms with Crippen molar-refractivity contribution in [1.29, 1.82) is 0 Å². The van der Waals surface area contributed by atoms with Gasteiger partial charge in [-0.2, -0.15) is 0 Å². The maximum Gasteiger partial charge on any atom is 0.330 e. The molecule has 4 heteroatoms. The lowest BCUT2D eigenvalue weighted by Gasteiger charge is -2.38. The second kappa shape index (κ2) is 3.85. The van der Waals surface area contributed by atoms with Crippen LogP contribution < -0.4 is 11.4 Å². The molecule has 18 heavy (non-hydrogen) atoms. The molecular formula is C14H17N3O. The van der Waals surface area contributed by atoms with Crippen molar-refractivity contribution in [1.82, 2.24) is 9.55 Å². The van der Waals surface area contributed by atoms with Crippen LogP contribution in [-0.4, -0.2) is 9.55 Å². The van der Waals surface area contributed by atoms with Crippen LogP contribution in [0.15, 0.2) is 35.3 Å². The molecular weight excluding hydrogens is 226 g/mol. The van der Waals surface area contributed by atoms with Crippen molar-refractivity contribution < 1.29 is 0 Å². The molecule has 1 fully saturated rings. The maximum absolute atomic E-state index is 11.8. The van der Waals surface area contributed by atoms with Gasteiger partial charge in [0.2, 0.25) is 0 Å². The van der Waals surface area contributed by atoms with Gasteiger partial charge in [-0.15, -0.1) is 0 Å². The van der Waals surface area contributed by atoms with E-state index in [4.69, 9.17) is 5.73 Å². The summed E-state index contributed by atoms with van der Waals surface area (Å²) in [5.74, 6) is 0. The highest BCUT2D eigenvalue weighted by Crippen LogP contribution is 2.39. The molecule has 1 heterocycles. The van der Waals surface area contributed by atoms with Crippen LogP contribution in [0.1, 0.15) is 30.5 Å². The number of hydrogen-bond acceptors (Lipinski definition) is 2. The van der Waals surface area contributed by atoms with Gasteiger partial charge in [-0.1, -0.05) is 12.1 Å². The Morgan fingerprint density at radius 2 is 2.17 bits per heavy atom. The zero-order valence-electron chi connectivity index (χ0n) is 10.4. The standard InChI is InChI=1S/C14H17N3O/c1-10-9-16-13(18)17(10)12-5-2-4-11(8-12)14(15)6-3-7-14/h2,4-5,8-9H,3,6-7,15H2,1H3,(H,16,18). The van der Waals surface area contributed by atoms with Crippen LogP contribution in [-0.2, 0) is 5.54 Å². The molecule has 0 amide bonds. The predicted molar refractivity (Wildman–Crippen MR) is 70.8 cm³/mol. The number of hydrogen-bond donors (Lipinski definition) is 2. The van der Waals surface area contributed by atoms with E-state index in [1.807, 2.05) is 25.1 Å². The smallest absolute Gasteiger partial charge is 0.321 e. The Hall–Kier alpha value is -1.81. The Bertz CT molecular complexity index is 634. The lowest BCUT2D eigenvalue weighted by Crippen LogP contribution is -2.43. The van der Waals surface area contributed by atoms with E-state index in [-0.39, 0.29) is 11.2 Å². The molecule has 1 aromatic carbocycles. The van der Waals surface area contributed by atoms with Crippen LogP contribution in [0.2, 0.25) is 0 Å². The number of nitrogens with zero attached hydrogens (tertiary/aromatic N) is 1. The number of H-pyrrole nitrogens is 1. The van der Waals surface area contributed by atoms with Crippen LogP contribution in [0.5, 0.6) is 0 Å². The highest BCUT2D eigenvalue weighted by molar-refractivity contribution is 5.40. The first-order chi connectivity index (χ1) is 8.60. The van der Waals surface area contributed by atoms with Crippen LogP contribution >= 0.6 is 0 Å². The van der Waals surface area contributed by atoms with E-state index in [9.17, 15) is 4.79 Å². The average Bonchev–Trinajstić information content (AvgIpc) is 2.66. The molecule has 0 saturated heterocycles. The first-order valence-electron chi connectivity index (χ1n) is 6.27. The lowest BCUT2D eigenvalue weighted by atomic mass is 9.73. The third-order valence-electron chi connectivity index (χ3n) is 3.89. The van der Waals surface area contributed by atoms with Gasteiger partial charge in [-0.25, -0.2) is 4.79 Å². The molecule has 0 unspecified atom stereocenters. The molecule has 0 atom stereocenters. The van der Waals surface area contributed by atoms with Crippen LogP contribution in [0.25, 0.3) is 5.69 Å². The lowest BCUT2D eigenvalue weighted by molar-refractivity contribution is 0.253. The van der Waals surface area contributed by atoms with Gasteiger partial charge in [0.25, 0.3) is 0 Å². The first kappa shape index (κ1) is 11.3. The zero-order chi connectivity index (χ0) is 12.8. The quantitative estimate of drug-likeness (QED) is 0.845. The number of aryl methyl sites for hydroxylation is 1. The highest BCUT2D eigenvalue weighted by Gasteiger charge is 2.34. The minimum absolute atomic E-state index is 0.107. The largest absolute Gasteiger partial charge is 0.330 e. The molecule has 3 rings (SSSR count). The van der Waals surface area contributed by atoms with Gasteiger partial charge in [0, 0.05) is 17.4 Å². The van der Waals surface area contributed by atoms with Crippen molar-refractivity contribution in [2.75, 3.05) is 0 Å². The molecule has 0 bridgehead atoms. The van der Waals surface area contributed by atoms with Crippen molar-refractivity contribution in [3.63, 3.8) is 0 Å². The first-order valence-corrected chi connectivity index (χ1v) is 6.27. The average molecular weight is 243 g/mol. The summed E-state index contributed by atoms with van der Waals surface area (Å²) in [6.45, 7) is 1.91. The maximum atomic E-state index is 11.8. The van der Waals surface area contributed by atoms with Crippen LogP contribution in [0.3, 0.4) is 0 Å². The minimum atomic E-state index is -0.191. The van der Waals surface area contributed by atoms with Gasteiger partial charge < -0.3 is 10.7 Å². The van der Waals surface area contributed by atoms with E-state index in [0.29, 0.717) is 0 Å². The molecule has 0 aliphatic heterocycles. The normalized spacial score (nSPS) is 17.4. The van der Waals surface area contributed by atoms with Crippen LogP contribution in [0.4, 0.5) is 0 Å². The third kappa shape index (κ3) is 1.61.